The highest BCUT2D eigenvalue weighted by atomic mass is 32.2. The van der Waals surface area contributed by atoms with Crippen molar-refractivity contribution in [2.24, 2.45) is 0 Å². The topological polar surface area (TPSA) is 0 Å². The van der Waals surface area contributed by atoms with Gasteiger partial charge in [0.2, 0.25) is 0 Å². The maximum absolute atomic E-state index is 12.1. The van der Waals surface area contributed by atoms with Crippen LogP contribution in [0.25, 0.3) is 5.57 Å². The first-order valence-corrected chi connectivity index (χ1v) is 5.73. The van der Waals surface area contributed by atoms with E-state index in [2.05, 4.69) is 25.6 Å². The van der Waals surface area contributed by atoms with Crippen molar-refractivity contribution >= 4 is 17.3 Å². The summed E-state index contributed by atoms with van der Waals surface area (Å²) in [7, 11) is 0. The van der Waals surface area contributed by atoms with E-state index in [-0.39, 0.29) is 6.67 Å². The Kier molecular flexibility index (Phi) is 4.74. The van der Waals surface area contributed by atoms with E-state index in [0.717, 1.165) is 16.9 Å². The van der Waals surface area contributed by atoms with Gasteiger partial charge in [-0.15, -0.1) is 11.8 Å². The van der Waals surface area contributed by atoms with Gasteiger partial charge in [-0.2, -0.15) is 0 Å². The summed E-state index contributed by atoms with van der Waals surface area (Å²) in [5.41, 5.74) is 1.92. The predicted octanol–water partition coefficient (Wildman–Crippen LogP) is 4.17. The fraction of sp³-hybridized carbons (Fsp3) is 0.333. The quantitative estimate of drug-likeness (QED) is 0.657. The highest BCUT2D eigenvalue weighted by Gasteiger charge is 1.98. The average Bonchev–Trinajstić information content (AvgIpc) is 2.20. The molecule has 0 bridgehead atoms. The molecule has 1 aromatic carbocycles. The van der Waals surface area contributed by atoms with Gasteiger partial charge in [-0.25, -0.2) is 0 Å². The molecule has 1 rings (SSSR count). The average molecular weight is 210 g/mol. The molecule has 0 N–H and O–H groups in total. The Morgan fingerprint density at radius 3 is 2.50 bits per heavy atom. The van der Waals surface area contributed by atoms with E-state index in [1.807, 2.05) is 12.1 Å². The molecule has 0 aromatic heterocycles. The Morgan fingerprint density at radius 1 is 1.36 bits per heavy atom. The van der Waals surface area contributed by atoms with Crippen LogP contribution in [0.3, 0.4) is 0 Å². The molecule has 1 aromatic rings. The molecule has 0 spiro atoms. The number of alkyl halides is 1. The maximum Gasteiger partial charge on any atom is 0.0934 e. The van der Waals surface area contributed by atoms with Crippen LogP contribution in [0.5, 0.6) is 0 Å². The molecular formula is C12H15FS. The van der Waals surface area contributed by atoms with Gasteiger partial charge in [-0.3, -0.25) is 4.39 Å². The standard InChI is InChI=1S/C12H15FS/c1-3-14-12-6-4-11(5-7-12)10(2)8-9-13/h4-7H,2-3,8-9H2,1H3. The van der Waals surface area contributed by atoms with Crippen molar-refractivity contribution in [3.05, 3.63) is 36.4 Å². The summed E-state index contributed by atoms with van der Waals surface area (Å²) in [5, 5.41) is 0. The van der Waals surface area contributed by atoms with Crippen molar-refractivity contribution < 1.29 is 4.39 Å². The zero-order valence-corrected chi connectivity index (χ0v) is 9.24. The van der Waals surface area contributed by atoms with Gasteiger partial charge < -0.3 is 0 Å². The van der Waals surface area contributed by atoms with Crippen LogP contribution in [0.2, 0.25) is 0 Å². The first-order valence-electron chi connectivity index (χ1n) is 4.75. The fourth-order valence-corrected chi connectivity index (χ4v) is 1.87. The van der Waals surface area contributed by atoms with E-state index >= 15 is 0 Å². The Morgan fingerprint density at radius 2 is 2.00 bits per heavy atom. The lowest BCUT2D eigenvalue weighted by Crippen LogP contribution is -1.84. The molecule has 76 valence electrons. The number of hydrogen-bond donors (Lipinski definition) is 0. The number of hydrogen-bond acceptors (Lipinski definition) is 1. The lowest BCUT2D eigenvalue weighted by atomic mass is 10.1. The van der Waals surface area contributed by atoms with Crippen LogP contribution in [-0.4, -0.2) is 12.4 Å². The van der Waals surface area contributed by atoms with Crippen LogP contribution in [-0.2, 0) is 0 Å². The Hall–Kier alpha value is -0.760. The van der Waals surface area contributed by atoms with Gasteiger partial charge in [0, 0.05) is 11.3 Å². The van der Waals surface area contributed by atoms with E-state index in [1.165, 1.54) is 4.90 Å². The molecule has 0 unspecified atom stereocenters. The van der Waals surface area contributed by atoms with Crippen molar-refractivity contribution in [1.82, 2.24) is 0 Å². The highest BCUT2D eigenvalue weighted by molar-refractivity contribution is 7.99. The van der Waals surface area contributed by atoms with Crippen molar-refractivity contribution in [3.8, 4) is 0 Å². The van der Waals surface area contributed by atoms with Crippen molar-refractivity contribution in [3.63, 3.8) is 0 Å². The second-order valence-electron chi connectivity index (χ2n) is 3.00. The molecule has 0 atom stereocenters. The summed E-state index contributed by atoms with van der Waals surface area (Å²) in [6, 6.07) is 8.14. The predicted molar refractivity (Wildman–Crippen MR) is 62.5 cm³/mol. The lowest BCUT2D eigenvalue weighted by molar-refractivity contribution is 0.505. The zero-order chi connectivity index (χ0) is 10.4. The molecule has 0 aliphatic rings. The Bertz CT molecular complexity index is 290. The first kappa shape index (κ1) is 11.3. The normalized spacial score (nSPS) is 10.1. The zero-order valence-electron chi connectivity index (χ0n) is 8.42. The van der Waals surface area contributed by atoms with Crippen LogP contribution in [0, 0.1) is 0 Å². The van der Waals surface area contributed by atoms with Crippen LogP contribution in [0.15, 0.2) is 35.7 Å². The monoisotopic (exact) mass is 210 g/mol. The molecule has 0 fully saturated rings. The van der Waals surface area contributed by atoms with Gasteiger partial charge in [0.25, 0.3) is 0 Å². The van der Waals surface area contributed by atoms with E-state index in [1.54, 1.807) is 11.8 Å². The van der Waals surface area contributed by atoms with Gasteiger partial charge in [-0.1, -0.05) is 25.6 Å². The summed E-state index contributed by atoms with van der Waals surface area (Å²) >= 11 is 1.81. The molecule has 0 heterocycles. The molecule has 0 aliphatic carbocycles. The first-order chi connectivity index (χ1) is 6.77. The molecule has 0 saturated heterocycles. The minimum Gasteiger partial charge on any atom is -0.251 e. The minimum absolute atomic E-state index is 0.329. The Balaban J connectivity index is 2.67. The van der Waals surface area contributed by atoms with Gasteiger partial charge in [0.1, 0.15) is 0 Å². The molecule has 0 saturated carbocycles. The summed E-state index contributed by atoms with van der Waals surface area (Å²) < 4.78 is 12.1. The Labute approximate surface area is 89.2 Å². The molecule has 14 heavy (non-hydrogen) atoms. The number of benzene rings is 1. The number of rotatable bonds is 5. The molecule has 0 nitrogen and oxygen atoms in total. The van der Waals surface area contributed by atoms with Gasteiger partial charge in [0.05, 0.1) is 6.67 Å². The van der Waals surface area contributed by atoms with Gasteiger partial charge in [0.15, 0.2) is 0 Å². The largest absolute Gasteiger partial charge is 0.251 e. The highest BCUT2D eigenvalue weighted by Crippen LogP contribution is 2.22. The summed E-state index contributed by atoms with van der Waals surface area (Å²) in [6.07, 6.45) is 0.431. The molecule has 0 amide bonds. The fourth-order valence-electron chi connectivity index (χ4n) is 1.21. The summed E-state index contributed by atoms with van der Waals surface area (Å²) in [6.45, 7) is 5.64. The molecular weight excluding hydrogens is 195 g/mol. The van der Waals surface area contributed by atoms with Crippen LogP contribution in [0.4, 0.5) is 4.39 Å². The lowest BCUT2D eigenvalue weighted by Gasteiger charge is -2.04. The molecule has 2 heteroatoms. The molecule has 0 aliphatic heterocycles. The molecule has 0 radical (unpaired) electrons. The van der Waals surface area contributed by atoms with Crippen molar-refractivity contribution in [1.29, 1.82) is 0 Å². The number of allylic oxidation sites excluding steroid dienone is 1. The van der Waals surface area contributed by atoms with E-state index in [0.29, 0.717) is 6.42 Å². The third-order valence-electron chi connectivity index (χ3n) is 1.97. The van der Waals surface area contributed by atoms with Gasteiger partial charge >= 0.3 is 0 Å². The van der Waals surface area contributed by atoms with E-state index in [4.69, 9.17) is 0 Å². The number of thioether (sulfide) groups is 1. The van der Waals surface area contributed by atoms with Crippen LogP contribution in [0.1, 0.15) is 18.9 Å². The van der Waals surface area contributed by atoms with Crippen LogP contribution < -0.4 is 0 Å². The maximum atomic E-state index is 12.1. The van der Waals surface area contributed by atoms with Crippen molar-refractivity contribution in [2.45, 2.75) is 18.2 Å². The van der Waals surface area contributed by atoms with Gasteiger partial charge in [-0.05, 0) is 29.0 Å². The summed E-state index contributed by atoms with van der Waals surface area (Å²) in [5.74, 6) is 1.07. The third kappa shape index (κ3) is 3.18. The SMILES string of the molecule is C=C(CCF)c1ccc(SCC)cc1. The number of halogens is 1. The van der Waals surface area contributed by atoms with Crippen molar-refractivity contribution in [2.75, 3.05) is 12.4 Å². The van der Waals surface area contributed by atoms with E-state index in [9.17, 15) is 4.39 Å². The summed E-state index contributed by atoms with van der Waals surface area (Å²) in [4.78, 5) is 1.25. The minimum atomic E-state index is -0.329. The second kappa shape index (κ2) is 5.86. The van der Waals surface area contributed by atoms with E-state index < -0.39 is 0 Å². The smallest absolute Gasteiger partial charge is 0.0934 e. The van der Waals surface area contributed by atoms with Crippen LogP contribution >= 0.6 is 11.8 Å². The third-order valence-corrected chi connectivity index (χ3v) is 2.86. The second-order valence-corrected chi connectivity index (χ2v) is 4.34.